The molecule has 19 heavy (non-hydrogen) atoms. The minimum absolute atomic E-state index is 0.304. The third kappa shape index (κ3) is 3.29. The van der Waals surface area contributed by atoms with Crippen LogP contribution >= 0.6 is 11.6 Å². The van der Waals surface area contributed by atoms with E-state index < -0.39 is 0 Å². The van der Waals surface area contributed by atoms with Gasteiger partial charge >= 0.3 is 0 Å². The van der Waals surface area contributed by atoms with Crippen molar-refractivity contribution in [2.75, 3.05) is 0 Å². The van der Waals surface area contributed by atoms with Gasteiger partial charge < -0.3 is 0 Å². The Labute approximate surface area is 119 Å². The van der Waals surface area contributed by atoms with Gasteiger partial charge in [0.05, 0.1) is 5.69 Å². The van der Waals surface area contributed by atoms with Gasteiger partial charge in [-0.2, -0.15) is 0 Å². The summed E-state index contributed by atoms with van der Waals surface area (Å²) in [6, 6.07) is 4.17. The number of pyridine rings is 1. The SMILES string of the molecule is CCc1ccc(Cc2ncnc(Cl)c2C(C)C)nc1. The molecule has 0 aliphatic rings. The first-order chi connectivity index (χ1) is 9.11. The molecule has 0 bridgehead atoms. The van der Waals surface area contributed by atoms with Crippen molar-refractivity contribution in [1.29, 1.82) is 0 Å². The van der Waals surface area contributed by atoms with Crippen molar-refractivity contribution in [3.8, 4) is 0 Å². The van der Waals surface area contributed by atoms with Crippen molar-refractivity contribution in [3.63, 3.8) is 0 Å². The van der Waals surface area contributed by atoms with Crippen LogP contribution in [0, 0.1) is 0 Å². The van der Waals surface area contributed by atoms with Crippen LogP contribution in [-0.4, -0.2) is 15.0 Å². The van der Waals surface area contributed by atoms with Gasteiger partial charge in [0.25, 0.3) is 0 Å². The zero-order valence-electron chi connectivity index (χ0n) is 11.5. The molecule has 2 heterocycles. The molecule has 0 atom stereocenters. The topological polar surface area (TPSA) is 38.7 Å². The predicted molar refractivity (Wildman–Crippen MR) is 77.6 cm³/mol. The summed E-state index contributed by atoms with van der Waals surface area (Å²) in [5, 5.41) is 0.546. The highest BCUT2D eigenvalue weighted by molar-refractivity contribution is 6.30. The molecule has 0 aliphatic heterocycles. The molecule has 0 spiro atoms. The fourth-order valence-electron chi connectivity index (χ4n) is 2.06. The summed E-state index contributed by atoms with van der Waals surface area (Å²) in [6.45, 7) is 6.32. The van der Waals surface area contributed by atoms with Gasteiger partial charge in [-0.25, -0.2) is 9.97 Å². The molecule has 100 valence electrons. The second-order valence-corrected chi connectivity index (χ2v) is 5.23. The molecule has 4 heteroatoms. The first-order valence-electron chi connectivity index (χ1n) is 6.54. The van der Waals surface area contributed by atoms with Crippen LogP contribution in [0.2, 0.25) is 5.15 Å². The minimum Gasteiger partial charge on any atom is -0.261 e. The Kier molecular flexibility index (Phi) is 4.48. The predicted octanol–water partition coefficient (Wildman–Crippen LogP) is 3.80. The van der Waals surface area contributed by atoms with Crippen molar-refractivity contribution >= 4 is 11.6 Å². The largest absolute Gasteiger partial charge is 0.261 e. The van der Waals surface area contributed by atoms with Crippen LogP contribution in [0.15, 0.2) is 24.7 Å². The van der Waals surface area contributed by atoms with E-state index >= 15 is 0 Å². The zero-order chi connectivity index (χ0) is 13.8. The minimum atomic E-state index is 0.304. The molecule has 0 radical (unpaired) electrons. The molecule has 0 N–H and O–H groups in total. The summed E-state index contributed by atoms with van der Waals surface area (Å²) in [4.78, 5) is 12.9. The molecule has 3 nitrogen and oxygen atoms in total. The molecule has 0 saturated carbocycles. The highest BCUT2D eigenvalue weighted by Crippen LogP contribution is 2.25. The van der Waals surface area contributed by atoms with Crippen molar-refractivity contribution in [2.24, 2.45) is 0 Å². The summed E-state index contributed by atoms with van der Waals surface area (Å²) in [7, 11) is 0. The van der Waals surface area contributed by atoms with E-state index in [0.717, 1.165) is 23.4 Å². The van der Waals surface area contributed by atoms with Crippen LogP contribution in [0.25, 0.3) is 0 Å². The second-order valence-electron chi connectivity index (χ2n) is 4.87. The first kappa shape index (κ1) is 13.9. The average Bonchev–Trinajstić information content (AvgIpc) is 2.39. The Hall–Kier alpha value is -1.48. The molecule has 0 fully saturated rings. The van der Waals surface area contributed by atoms with Crippen LogP contribution in [0.4, 0.5) is 0 Å². The molecule has 0 aromatic carbocycles. The van der Waals surface area contributed by atoms with Crippen LogP contribution in [0.1, 0.15) is 49.2 Å². The summed E-state index contributed by atoms with van der Waals surface area (Å²) >= 11 is 6.17. The molecule has 2 rings (SSSR count). The van der Waals surface area contributed by atoms with Gasteiger partial charge in [0, 0.05) is 23.9 Å². The van der Waals surface area contributed by atoms with Crippen LogP contribution in [0.5, 0.6) is 0 Å². The van der Waals surface area contributed by atoms with Gasteiger partial charge in [-0.05, 0) is 24.0 Å². The van der Waals surface area contributed by atoms with Crippen molar-refractivity contribution in [1.82, 2.24) is 15.0 Å². The average molecular weight is 276 g/mol. The maximum Gasteiger partial charge on any atom is 0.136 e. The number of rotatable bonds is 4. The quantitative estimate of drug-likeness (QED) is 0.797. The normalized spacial score (nSPS) is 11.0. The fourth-order valence-corrected chi connectivity index (χ4v) is 2.43. The molecule has 2 aromatic heterocycles. The molecule has 0 saturated heterocycles. The number of halogens is 1. The molecule has 0 amide bonds. The van der Waals surface area contributed by atoms with Gasteiger partial charge in [-0.3, -0.25) is 4.98 Å². The van der Waals surface area contributed by atoms with Crippen LogP contribution in [-0.2, 0) is 12.8 Å². The second kappa shape index (κ2) is 6.11. The standard InChI is InChI=1S/C15H18ClN3/c1-4-11-5-6-12(17-8-11)7-13-14(10(2)3)15(16)19-9-18-13/h5-6,8-10H,4,7H2,1-3H3. The molecular weight excluding hydrogens is 258 g/mol. The maximum atomic E-state index is 6.17. The lowest BCUT2D eigenvalue weighted by Crippen LogP contribution is -2.04. The van der Waals surface area contributed by atoms with Gasteiger partial charge in [0.2, 0.25) is 0 Å². The third-order valence-corrected chi connectivity index (χ3v) is 3.44. The summed E-state index contributed by atoms with van der Waals surface area (Å²) in [6.07, 6.45) is 5.14. The van der Waals surface area contributed by atoms with E-state index in [2.05, 4.69) is 47.9 Å². The lowest BCUT2D eigenvalue weighted by Gasteiger charge is -2.12. The van der Waals surface area contributed by atoms with Gasteiger partial charge in [0.15, 0.2) is 0 Å². The Morgan fingerprint density at radius 2 is 1.95 bits per heavy atom. The highest BCUT2D eigenvalue weighted by atomic mass is 35.5. The number of nitrogens with zero attached hydrogens (tertiary/aromatic N) is 3. The number of hydrogen-bond donors (Lipinski definition) is 0. The Bertz CT molecular complexity index is 550. The van der Waals surface area contributed by atoms with E-state index in [-0.39, 0.29) is 0 Å². The van der Waals surface area contributed by atoms with E-state index in [9.17, 15) is 0 Å². The van der Waals surface area contributed by atoms with Crippen LogP contribution < -0.4 is 0 Å². The van der Waals surface area contributed by atoms with E-state index in [1.807, 2.05) is 6.20 Å². The van der Waals surface area contributed by atoms with E-state index in [4.69, 9.17) is 11.6 Å². The Morgan fingerprint density at radius 3 is 2.53 bits per heavy atom. The van der Waals surface area contributed by atoms with Gasteiger partial charge in [-0.1, -0.05) is 38.4 Å². The van der Waals surface area contributed by atoms with Crippen LogP contribution in [0.3, 0.4) is 0 Å². The van der Waals surface area contributed by atoms with Gasteiger partial charge in [0.1, 0.15) is 11.5 Å². The lowest BCUT2D eigenvalue weighted by atomic mass is 10.0. The van der Waals surface area contributed by atoms with E-state index in [1.54, 1.807) is 0 Å². The Morgan fingerprint density at radius 1 is 1.16 bits per heavy atom. The number of aryl methyl sites for hydroxylation is 1. The summed E-state index contributed by atoms with van der Waals surface area (Å²) in [5.41, 5.74) is 4.24. The lowest BCUT2D eigenvalue weighted by molar-refractivity contribution is 0.811. The number of hydrogen-bond acceptors (Lipinski definition) is 3. The molecule has 0 unspecified atom stereocenters. The smallest absolute Gasteiger partial charge is 0.136 e. The summed E-state index contributed by atoms with van der Waals surface area (Å²) < 4.78 is 0. The van der Waals surface area contributed by atoms with E-state index in [0.29, 0.717) is 17.5 Å². The Balaban J connectivity index is 2.29. The zero-order valence-corrected chi connectivity index (χ0v) is 12.3. The van der Waals surface area contributed by atoms with Crippen molar-refractivity contribution < 1.29 is 0 Å². The van der Waals surface area contributed by atoms with Gasteiger partial charge in [-0.15, -0.1) is 0 Å². The molecular formula is C15H18ClN3. The molecule has 2 aromatic rings. The molecule has 0 aliphatic carbocycles. The first-order valence-corrected chi connectivity index (χ1v) is 6.92. The summed E-state index contributed by atoms with van der Waals surface area (Å²) in [5.74, 6) is 0.304. The monoisotopic (exact) mass is 275 g/mol. The van der Waals surface area contributed by atoms with E-state index in [1.165, 1.54) is 11.9 Å². The van der Waals surface area contributed by atoms with Crippen molar-refractivity contribution in [3.05, 3.63) is 52.3 Å². The number of aromatic nitrogens is 3. The maximum absolute atomic E-state index is 6.17. The fraction of sp³-hybridized carbons (Fsp3) is 0.400. The van der Waals surface area contributed by atoms with Crippen molar-refractivity contribution in [2.45, 2.75) is 39.5 Å². The highest BCUT2D eigenvalue weighted by Gasteiger charge is 2.14. The third-order valence-electron chi connectivity index (χ3n) is 3.14.